The fraction of sp³-hybridized carbons (Fsp3) is 0.692. The first-order valence-electron chi connectivity index (χ1n) is 7.34. The van der Waals surface area contributed by atoms with E-state index in [-0.39, 0.29) is 18.4 Å². The zero-order valence-corrected chi connectivity index (χ0v) is 13.8. The Morgan fingerprint density at radius 3 is 2.77 bits per heavy atom. The number of hydrogen-bond acceptors (Lipinski definition) is 8. The van der Waals surface area contributed by atoms with Crippen LogP contribution in [-0.4, -0.2) is 56.0 Å². The van der Waals surface area contributed by atoms with Crippen LogP contribution < -0.4 is 5.73 Å². The van der Waals surface area contributed by atoms with Gasteiger partial charge in [-0.3, -0.25) is 4.57 Å². The van der Waals surface area contributed by atoms with Crippen LogP contribution in [0.1, 0.15) is 13.8 Å². The van der Waals surface area contributed by atoms with Crippen LogP contribution in [-0.2, 0) is 18.3 Å². The lowest BCUT2D eigenvalue weighted by Crippen LogP contribution is -2.40. The molecule has 2 atom stereocenters. The van der Waals surface area contributed by atoms with E-state index in [0.29, 0.717) is 32.2 Å². The number of fused-ring (bicyclic) bond motifs is 1. The minimum Gasteiger partial charge on any atom is -0.386 e. The van der Waals surface area contributed by atoms with Gasteiger partial charge in [0.05, 0.1) is 25.7 Å². The summed E-state index contributed by atoms with van der Waals surface area (Å²) in [5.74, 6) is 0.583. The topological polar surface area (TPSA) is 98.7 Å². The quantitative estimate of drug-likeness (QED) is 0.507. The Bertz CT molecular complexity index is 498. The zero-order chi connectivity index (χ0) is 16.0. The third kappa shape index (κ3) is 4.16. The fourth-order valence-corrected chi connectivity index (χ4v) is 3.70. The van der Waals surface area contributed by atoms with Crippen molar-refractivity contribution in [3.05, 3.63) is 12.3 Å². The van der Waals surface area contributed by atoms with Gasteiger partial charge >= 0.3 is 7.60 Å². The molecule has 0 radical (unpaired) electrons. The van der Waals surface area contributed by atoms with Gasteiger partial charge in [0.2, 0.25) is 0 Å². The van der Waals surface area contributed by atoms with Gasteiger partial charge in [-0.25, -0.2) is 9.98 Å². The molecule has 0 spiro atoms. The Morgan fingerprint density at radius 1 is 1.36 bits per heavy atom. The maximum absolute atomic E-state index is 12.2. The van der Waals surface area contributed by atoms with Crippen molar-refractivity contribution in [1.29, 1.82) is 0 Å². The van der Waals surface area contributed by atoms with Gasteiger partial charge in [0.15, 0.2) is 0 Å². The molecule has 0 aliphatic carbocycles. The lowest BCUT2D eigenvalue weighted by atomic mass is 10.1. The lowest BCUT2D eigenvalue weighted by Gasteiger charge is -2.27. The SMILES string of the molecule is CCOP(=O)(COCCN1C=CC2C(N)=NC=NC21)OCC. The summed E-state index contributed by atoms with van der Waals surface area (Å²) in [6.07, 6.45) is 5.29. The number of hydrogen-bond donors (Lipinski definition) is 1. The molecule has 8 nitrogen and oxygen atoms in total. The van der Waals surface area contributed by atoms with Gasteiger partial charge in [-0.2, -0.15) is 0 Å². The molecule has 2 rings (SSSR count). The third-order valence-electron chi connectivity index (χ3n) is 3.31. The van der Waals surface area contributed by atoms with E-state index < -0.39 is 7.60 Å². The van der Waals surface area contributed by atoms with Gasteiger partial charge in [0.25, 0.3) is 0 Å². The highest BCUT2D eigenvalue weighted by atomic mass is 31.2. The Labute approximate surface area is 130 Å². The van der Waals surface area contributed by atoms with Crippen LogP contribution in [0, 0.1) is 5.92 Å². The number of amidine groups is 1. The molecule has 0 aromatic heterocycles. The van der Waals surface area contributed by atoms with Crippen LogP contribution in [0.3, 0.4) is 0 Å². The second-order valence-electron chi connectivity index (χ2n) is 4.82. The summed E-state index contributed by atoms with van der Waals surface area (Å²) in [5.41, 5.74) is 5.84. The zero-order valence-electron chi connectivity index (χ0n) is 12.9. The Kier molecular flexibility index (Phi) is 6.14. The van der Waals surface area contributed by atoms with E-state index in [4.69, 9.17) is 19.5 Å². The van der Waals surface area contributed by atoms with E-state index in [2.05, 4.69) is 9.98 Å². The molecule has 2 N–H and O–H groups in total. The predicted molar refractivity (Wildman–Crippen MR) is 84.9 cm³/mol. The highest BCUT2D eigenvalue weighted by Crippen LogP contribution is 2.47. The van der Waals surface area contributed by atoms with Crippen molar-refractivity contribution in [1.82, 2.24) is 4.90 Å². The number of ether oxygens (including phenoxy) is 1. The summed E-state index contributed by atoms with van der Waals surface area (Å²) in [6.45, 7) is 5.20. The van der Waals surface area contributed by atoms with Gasteiger partial charge < -0.3 is 24.4 Å². The monoisotopic (exact) mass is 330 g/mol. The summed E-state index contributed by atoms with van der Waals surface area (Å²) in [5, 5.41) is 0. The summed E-state index contributed by atoms with van der Waals surface area (Å²) in [4.78, 5) is 10.3. The van der Waals surface area contributed by atoms with Crippen molar-refractivity contribution in [3.8, 4) is 0 Å². The minimum atomic E-state index is -3.15. The maximum atomic E-state index is 12.2. The van der Waals surface area contributed by atoms with Gasteiger partial charge in [-0.05, 0) is 20.0 Å². The Morgan fingerprint density at radius 2 is 2.09 bits per heavy atom. The van der Waals surface area contributed by atoms with Gasteiger partial charge in [0, 0.05) is 6.54 Å². The van der Waals surface area contributed by atoms with Crippen LogP contribution in [0.4, 0.5) is 0 Å². The molecule has 124 valence electrons. The first kappa shape index (κ1) is 17.1. The van der Waals surface area contributed by atoms with Crippen LogP contribution in [0.15, 0.2) is 22.3 Å². The summed E-state index contributed by atoms with van der Waals surface area (Å²) in [6, 6.07) is 0. The normalized spacial score (nSPS) is 23.7. The molecule has 2 unspecified atom stereocenters. The Hall–Kier alpha value is -1.21. The maximum Gasteiger partial charge on any atom is 0.356 e. The van der Waals surface area contributed by atoms with E-state index in [9.17, 15) is 4.57 Å². The van der Waals surface area contributed by atoms with Crippen molar-refractivity contribution in [3.63, 3.8) is 0 Å². The first-order chi connectivity index (χ1) is 10.6. The lowest BCUT2D eigenvalue weighted by molar-refractivity contribution is 0.112. The van der Waals surface area contributed by atoms with Crippen LogP contribution >= 0.6 is 7.60 Å². The minimum absolute atomic E-state index is 0.0166. The van der Waals surface area contributed by atoms with Crippen LogP contribution in [0.25, 0.3) is 0 Å². The molecule has 0 saturated heterocycles. The summed E-state index contributed by atoms with van der Waals surface area (Å²) < 4.78 is 28.0. The van der Waals surface area contributed by atoms with Crippen molar-refractivity contribution >= 4 is 19.8 Å². The average molecular weight is 330 g/mol. The third-order valence-corrected chi connectivity index (χ3v) is 5.11. The molecular formula is C13H23N4O4P. The second kappa shape index (κ2) is 7.87. The first-order valence-corrected chi connectivity index (χ1v) is 9.07. The number of aliphatic imine (C=N–C) groups is 2. The predicted octanol–water partition coefficient (Wildman–Crippen LogP) is 1.40. The van der Waals surface area contributed by atoms with Gasteiger partial charge in [-0.15, -0.1) is 0 Å². The number of nitrogens with zero attached hydrogens (tertiary/aromatic N) is 3. The smallest absolute Gasteiger partial charge is 0.356 e. The molecule has 22 heavy (non-hydrogen) atoms. The van der Waals surface area contributed by atoms with Crippen molar-refractivity contribution in [2.45, 2.75) is 20.0 Å². The summed E-state index contributed by atoms with van der Waals surface area (Å²) >= 11 is 0. The van der Waals surface area contributed by atoms with E-state index in [0.717, 1.165) is 0 Å². The van der Waals surface area contributed by atoms with E-state index in [1.54, 1.807) is 13.8 Å². The van der Waals surface area contributed by atoms with Crippen LogP contribution in [0.5, 0.6) is 0 Å². The molecule has 0 saturated carbocycles. The molecule has 0 amide bonds. The van der Waals surface area contributed by atoms with Crippen LogP contribution in [0.2, 0.25) is 0 Å². The molecule has 2 heterocycles. The second-order valence-corrected chi connectivity index (χ2v) is 6.82. The molecular weight excluding hydrogens is 307 g/mol. The number of nitrogens with two attached hydrogens (primary N) is 1. The molecule has 0 aromatic carbocycles. The number of rotatable bonds is 9. The van der Waals surface area contributed by atoms with Crippen molar-refractivity contribution < 1.29 is 18.3 Å². The van der Waals surface area contributed by atoms with Gasteiger partial charge in [0.1, 0.15) is 24.7 Å². The standard InChI is InChI=1S/C13H23N4O4P/c1-3-20-22(18,21-4-2)10-19-8-7-17-6-5-11-12(14)15-9-16-13(11)17/h5-6,9,11,13H,3-4,7-8,10H2,1-2H3,(H2,14,15,16). The van der Waals surface area contributed by atoms with Gasteiger partial charge in [-0.1, -0.05) is 6.08 Å². The highest BCUT2D eigenvalue weighted by molar-refractivity contribution is 7.53. The van der Waals surface area contributed by atoms with E-state index in [1.165, 1.54) is 6.34 Å². The average Bonchev–Trinajstić information content (AvgIpc) is 2.89. The van der Waals surface area contributed by atoms with E-state index >= 15 is 0 Å². The molecule has 2 aliphatic heterocycles. The molecule has 0 bridgehead atoms. The molecule has 2 aliphatic rings. The fourth-order valence-electron chi connectivity index (χ4n) is 2.34. The Balaban J connectivity index is 1.75. The molecule has 0 fully saturated rings. The van der Waals surface area contributed by atoms with E-state index in [1.807, 2.05) is 17.2 Å². The largest absolute Gasteiger partial charge is 0.386 e. The summed E-state index contributed by atoms with van der Waals surface area (Å²) in [7, 11) is -3.15. The molecule has 0 aromatic rings. The molecule has 9 heteroatoms. The van der Waals surface area contributed by atoms with Crippen molar-refractivity contribution in [2.75, 3.05) is 32.7 Å². The highest BCUT2D eigenvalue weighted by Gasteiger charge is 2.32. The van der Waals surface area contributed by atoms with Crippen molar-refractivity contribution in [2.24, 2.45) is 21.6 Å².